The Morgan fingerprint density at radius 3 is 1.87 bits per heavy atom. The average Bonchev–Trinajstić information content (AvgIpc) is 2.45. The zero-order valence-electron chi connectivity index (χ0n) is 16.5. The van der Waals surface area contributed by atoms with Gasteiger partial charge in [-0.3, -0.25) is 0 Å². The largest absolute Gasteiger partial charge is 0.441 e. The van der Waals surface area contributed by atoms with Gasteiger partial charge < -0.3 is 8.35 Å². The lowest BCUT2D eigenvalue weighted by molar-refractivity contribution is 0.448. The molecular formula is C18H35NOSi3. The van der Waals surface area contributed by atoms with Gasteiger partial charge in [0.2, 0.25) is 0 Å². The predicted molar refractivity (Wildman–Crippen MR) is 111 cm³/mol. The smallest absolute Gasteiger partial charge is 0.276 e. The van der Waals surface area contributed by atoms with Crippen molar-refractivity contribution in [3.05, 3.63) is 42.6 Å². The van der Waals surface area contributed by atoms with Crippen molar-refractivity contribution < 1.29 is 4.12 Å². The highest BCUT2D eigenvalue weighted by atomic mass is 28.5. The Morgan fingerprint density at radius 2 is 1.48 bits per heavy atom. The van der Waals surface area contributed by atoms with Crippen LogP contribution in [0.5, 0.6) is 0 Å². The van der Waals surface area contributed by atoms with Crippen LogP contribution in [0.15, 0.2) is 42.6 Å². The van der Waals surface area contributed by atoms with Crippen molar-refractivity contribution in [1.29, 1.82) is 0 Å². The number of rotatable bonds is 6. The summed E-state index contributed by atoms with van der Waals surface area (Å²) in [5.74, 6) is 0. The molecule has 5 heteroatoms. The van der Waals surface area contributed by atoms with Crippen LogP contribution in [-0.2, 0) is 4.12 Å². The summed E-state index contributed by atoms with van der Waals surface area (Å²) < 4.78 is 9.50. The van der Waals surface area contributed by atoms with Crippen LogP contribution in [0.25, 0.3) is 0 Å². The van der Waals surface area contributed by atoms with Crippen molar-refractivity contribution in [2.24, 2.45) is 0 Å². The number of hydrogen-bond acceptors (Lipinski definition) is 2. The molecule has 1 unspecified atom stereocenters. The first kappa shape index (κ1) is 20.6. The van der Waals surface area contributed by atoms with Crippen LogP contribution in [-0.4, -0.2) is 36.3 Å². The highest BCUT2D eigenvalue weighted by molar-refractivity contribution is 6.99. The Kier molecular flexibility index (Phi) is 6.08. The number of nitrogens with zero attached hydrogens (tertiary/aromatic N) is 1. The minimum atomic E-state index is -2.17. The molecule has 0 aliphatic carbocycles. The fourth-order valence-electron chi connectivity index (χ4n) is 2.51. The van der Waals surface area contributed by atoms with Gasteiger partial charge in [0.25, 0.3) is 8.48 Å². The zero-order chi connectivity index (χ0) is 18.1. The standard InChI is InChI=1S/C18H35NOSi3/c1-11-23(10,20-22(8,9)18(2,3)4)19(5)21(6,7)17-15-13-12-14-16-17/h11-16H,1H2,2-10H3. The third-order valence-corrected chi connectivity index (χ3v) is 21.5. The van der Waals surface area contributed by atoms with Crippen molar-refractivity contribution in [3.63, 3.8) is 0 Å². The minimum absolute atomic E-state index is 0.212. The van der Waals surface area contributed by atoms with Gasteiger partial charge in [0.05, 0.1) is 0 Å². The normalized spacial score (nSPS) is 16.3. The first-order valence-electron chi connectivity index (χ1n) is 8.41. The van der Waals surface area contributed by atoms with Crippen LogP contribution in [0.1, 0.15) is 20.8 Å². The molecule has 0 radical (unpaired) electrons. The molecule has 23 heavy (non-hydrogen) atoms. The fraction of sp³-hybridized carbons (Fsp3) is 0.556. The first-order chi connectivity index (χ1) is 10.3. The van der Waals surface area contributed by atoms with Gasteiger partial charge in [-0.1, -0.05) is 69.9 Å². The van der Waals surface area contributed by atoms with E-state index in [-0.39, 0.29) is 5.04 Å². The monoisotopic (exact) mass is 365 g/mol. The molecule has 0 spiro atoms. The molecule has 0 aromatic heterocycles. The van der Waals surface area contributed by atoms with E-state index in [0.717, 1.165) is 0 Å². The van der Waals surface area contributed by atoms with Gasteiger partial charge in [-0.05, 0) is 36.9 Å². The topological polar surface area (TPSA) is 12.5 Å². The van der Waals surface area contributed by atoms with Gasteiger partial charge in [-0.25, -0.2) is 0 Å². The number of benzene rings is 1. The zero-order valence-corrected chi connectivity index (χ0v) is 19.5. The van der Waals surface area contributed by atoms with Crippen LogP contribution < -0.4 is 5.19 Å². The summed E-state index contributed by atoms with van der Waals surface area (Å²) >= 11 is 0. The summed E-state index contributed by atoms with van der Waals surface area (Å²) in [5, 5.41) is 1.66. The van der Waals surface area contributed by atoms with E-state index in [1.54, 1.807) is 0 Å². The Morgan fingerprint density at radius 1 is 1.00 bits per heavy atom. The van der Waals surface area contributed by atoms with Crippen molar-refractivity contribution in [2.75, 3.05) is 7.05 Å². The molecule has 1 rings (SSSR count). The molecule has 0 amide bonds. The summed E-state index contributed by atoms with van der Waals surface area (Å²) in [5.41, 5.74) is 2.12. The molecule has 0 saturated carbocycles. The summed E-state index contributed by atoms with van der Waals surface area (Å²) in [7, 11) is -3.53. The Balaban J connectivity index is 3.20. The second-order valence-electron chi connectivity index (χ2n) is 8.61. The van der Waals surface area contributed by atoms with Gasteiger partial charge in [0.1, 0.15) is 8.24 Å². The van der Waals surface area contributed by atoms with Gasteiger partial charge in [-0.15, -0.1) is 6.58 Å². The third kappa shape index (κ3) is 4.33. The molecule has 1 atom stereocenters. The molecule has 0 N–H and O–H groups in total. The SMILES string of the molecule is C=C[Si](C)(O[Si](C)(C)C(C)(C)C)N(C)[Si](C)(C)c1ccccc1. The minimum Gasteiger partial charge on any atom is -0.441 e. The van der Waals surface area contributed by atoms with Crippen molar-refractivity contribution in [2.45, 2.75) is 58.5 Å². The van der Waals surface area contributed by atoms with Crippen LogP contribution in [0.4, 0.5) is 0 Å². The van der Waals surface area contributed by atoms with Crippen molar-refractivity contribution in [1.82, 2.24) is 4.23 Å². The molecule has 0 heterocycles. The predicted octanol–water partition coefficient (Wildman–Crippen LogP) is 4.85. The van der Waals surface area contributed by atoms with Crippen LogP contribution >= 0.6 is 0 Å². The van der Waals surface area contributed by atoms with Crippen molar-refractivity contribution in [3.8, 4) is 0 Å². The molecule has 2 nitrogen and oxygen atoms in total. The van der Waals surface area contributed by atoms with Crippen LogP contribution in [0, 0.1) is 0 Å². The van der Waals surface area contributed by atoms with Gasteiger partial charge >= 0.3 is 0 Å². The van der Waals surface area contributed by atoms with E-state index in [9.17, 15) is 0 Å². The maximum Gasteiger partial charge on any atom is 0.276 e. The van der Waals surface area contributed by atoms with Gasteiger partial charge in [0, 0.05) is 0 Å². The van der Waals surface area contributed by atoms with E-state index in [2.05, 4.69) is 107 Å². The van der Waals surface area contributed by atoms with E-state index >= 15 is 0 Å². The molecular weight excluding hydrogens is 330 g/mol. The highest BCUT2D eigenvalue weighted by Crippen LogP contribution is 2.39. The lowest BCUT2D eigenvalue weighted by atomic mass is 10.2. The lowest BCUT2D eigenvalue weighted by Crippen LogP contribution is -2.69. The quantitative estimate of drug-likeness (QED) is 0.668. The molecule has 1 aromatic rings. The maximum absolute atomic E-state index is 6.93. The van der Waals surface area contributed by atoms with Gasteiger partial charge in [0.15, 0.2) is 8.32 Å². The lowest BCUT2D eigenvalue weighted by Gasteiger charge is -2.49. The van der Waals surface area contributed by atoms with E-state index in [1.165, 1.54) is 5.19 Å². The molecule has 130 valence electrons. The summed E-state index contributed by atoms with van der Waals surface area (Å²) in [6.45, 7) is 22.9. The van der Waals surface area contributed by atoms with Crippen molar-refractivity contribution >= 4 is 30.2 Å². The molecule has 0 saturated heterocycles. The fourth-order valence-corrected chi connectivity index (χ4v) is 15.9. The Hall–Kier alpha value is -0.469. The van der Waals surface area contributed by atoms with E-state index < -0.39 is 25.0 Å². The molecule has 0 aliphatic rings. The third-order valence-electron chi connectivity index (χ3n) is 5.63. The summed E-state index contributed by atoms with van der Waals surface area (Å²) in [6, 6.07) is 10.9. The summed E-state index contributed by atoms with van der Waals surface area (Å²) in [6.07, 6.45) is 0. The summed E-state index contributed by atoms with van der Waals surface area (Å²) in [4.78, 5) is 0. The van der Waals surface area contributed by atoms with Crippen LogP contribution in [0.2, 0.25) is 37.8 Å². The highest BCUT2D eigenvalue weighted by Gasteiger charge is 2.48. The molecule has 0 bridgehead atoms. The van der Waals surface area contributed by atoms with E-state index in [0.29, 0.717) is 0 Å². The van der Waals surface area contributed by atoms with Crippen LogP contribution in [0.3, 0.4) is 0 Å². The van der Waals surface area contributed by atoms with E-state index in [1.807, 2.05) is 0 Å². The first-order valence-corrected chi connectivity index (χ1v) is 16.7. The molecule has 1 aromatic carbocycles. The second-order valence-corrected chi connectivity index (χ2v) is 21.9. The van der Waals surface area contributed by atoms with Gasteiger partial charge in [-0.2, -0.15) is 0 Å². The maximum atomic E-state index is 6.93. The number of hydrogen-bond donors (Lipinski definition) is 0. The average molecular weight is 366 g/mol. The molecule has 0 fully saturated rings. The Labute approximate surface area is 147 Å². The Bertz CT molecular complexity index is 537. The van der Waals surface area contributed by atoms with E-state index in [4.69, 9.17) is 4.12 Å². The second kappa shape index (κ2) is 6.80. The molecule has 0 aliphatic heterocycles.